The first-order chi connectivity index (χ1) is 9.07. The van der Waals surface area contributed by atoms with Gasteiger partial charge >= 0.3 is 0 Å². The Morgan fingerprint density at radius 1 is 0.650 bits per heavy atom. The molecular formula is C12H8F4O3S. The van der Waals surface area contributed by atoms with Gasteiger partial charge in [0, 0.05) is 12.1 Å². The molecule has 8 heteroatoms. The fraction of sp³-hybridized carbons (Fsp3) is 0. The molecule has 0 aliphatic carbocycles. The van der Waals surface area contributed by atoms with Gasteiger partial charge in [0.05, 0.1) is 9.79 Å². The van der Waals surface area contributed by atoms with Crippen LogP contribution in [0.4, 0.5) is 17.6 Å². The third-order valence-electron chi connectivity index (χ3n) is 2.52. The van der Waals surface area contributed by atoms with Crippen molar-refractivity contribution in [1.82, 2.24) is 0 Å². The molecule has 20 heavy (non-hydrogen) atoms. The van der Waals surface area contributed by atoms with Crippen molar-refractivity contribution in [2.45, 2.75) is 9.79 Å². The molecule has 2 rings (SSSR count). The lowest BCUT2D eigenvalue weighted by molar-refractivity contribution is 0.386. The van der Waals surface area contributed by atoms with Gasteiger partial charge in [0.2, 0.25) is 0 Å². The first kappa shape index (κ1) is 14.6. The first-order valence-electron chi connectivity index (χ1n) is 5.16. The average molecular weight is 308 g/mol. The molecular weight excluding hydrogens is 300 g/mol. The van der Waals surface area contributed by atoms with Gasteiger partial charge in [-0.05, 0) is 24.3 Å². The smallest absolute Gasteiger partial charge is 0.136 e. The van der Waals surface area contributed by atoms with E-state index in [1.54, 1.807) is 0 Å². The highest BCUT2D eigenvalue weighted by Crippen LogP contribution is 2.38. The lowest BCUT2D eigenvalue weighted by Crippen LogP contribution is -2.32. The summed E-state index contributed by atoms with van der Waals surface area (Å²) in [5.74, 6) is -4.89. The lowest BCUT2D eigenvalue weighted by atomic mass is 10.3. The van der Waals surface area contributed by atoms with E-state index in [2.05, 4.69) is 0 Å². The molecule has 2 N–H and O–H groups in total. The molecule has 0 aromatic heterocycles. The van der Waals surface area contributed by atoms with Crippen molar-refractivity contribution in [3.63, 3.8) is 0 Å². The molecule has 0 saturated carbocycles. The second kappa shape index (κ2) is 4.37. The Kier molecular flexibility index (Phi) is 3.20. The van der Waals surface area contributed by atoms with Gasteiger partial charge in [-0.1, -0.05) is 0 Å². The largest absolute Gasteiger partial charge is 0.301 e. The van der Waals surface area contributed by atoms with Crippen molar-refractivity contribution in [2.75, 3.05) is 0 Å². The molecule has 0 aliphatic heterocycles. The van der Waals surface area contributed by atoms with E-state index in [9.17, 15) is 30.9 Å². The highest BCUT2D eigenvalue weighted by atomic mass is 32.3. The summed E-state index contributed by atoms with van der Waals surface area (Å²) in [6.45, 7) is 0. The van der Waals surface area contributed by atoms with Gasteiger partial charge in [-0.3, -0.25) is 0 Å². The van der Waals surface area contributed by atoms with E-state index < -0.39 is 42.7 Å². The van der Waals surface area contributed by atoms with Gasteiger partial charge in [0.15, 0.2) is 0 Å². The van der Waals surface area contributed by atoms with Crippen LogP contribution < -0.4 is 0 Å². The third kappa shape index (κ3) is 2.58. The molecule has 0 aliphatic rings. The summed E-state index contributed by atoms with van der Waals surface area (Å²) in [6, 6.07) is 2.44. The van der Waals surface area contributed by atoms with Crippen LogP contribution in [0, 0.1) is 23.3 Å². The molecule has 3 nitrogen and oxygen atoms in total. The van der Waals surface area contributed by atoms with Crippen molar-refractivity contribution in [1.29, 1.82) is 0 Å². The van der Waals surface area contributed by atoms with Crippen LogP contribution in [0.5, 0.6) is 0 Å². The lowest BCUT2D eigenvalue weighted by Gasteiger charge is -2.31. The van der Waals surface area contributed by atoms with Gasteiger partial charge in [0.25, 0.3) is 0 Å². The van der Waals surface area contributed by atoms with Crippen molar-refractivity contribution < 1.29 is 30.9 Å². The molecule has 0 spiro atoms. The van der Waals surface area contributed by atoms with E-state index >= 15 is 0 Å². The maximum absolute atomic E-state index is 13.1. The molecule has 2 aromatic rings. The number of rotatable bonds is 2. The Hall–Kier alpha value is -1.77. The van der Waals surface area contributed by atoms with Gasteiger partial charge in [0.1, 0.15) is 32.9 Å². The molecule has 0 unspecified atom stereocenters. The van der Waals surface area contributed by atoms with E-state index in [4.69, 9.17) is 0 Å². The fourth-order valence-electron chi connectivity index (χ4n) is 1.62. The Balaban J connectivity index is 2.75. The van der Waals surface area contributed by atoms with E-state index in [0.717, 1.165) is 0 Å². The van der Waals surface area contributed by atoms with E-state index in [0.29, 0.717) is 36.4 Å². The maximum atomic E-state index is 13.1. The monoisotopic (exact) mass is 308 g/mol. The SMILES string of the molecule is O=S(O)(O)(c1cc(F)cc(F)c1)c1cc(F)cc(F)c1. The minimum Gasteiger partial charge on any atom is -0.301 e. The zero-order valence-corrected chi connectivity index (χ0v) is 10.5. The molecule has 0 atom stereocenters. The summed E-state index contributed by atoms with van der Waals surface area (Å²) in [5.41, 5.74) is 0. The second-order valence-corrected chi connectivity index (χ2v) is 6.75. The number of halogens is 4. The van der Waals surface area contributed by atoms with Crippen LogP contribution in [0.25, 0.3) is 0 Å². The van der Waals surface area contributed by atoms with Crippen LogP contribution in [0.1, 0.15) is 0 Å². The van der Waals surface area contributed by atoms with Gasteiger partial charge in [-0.25, -0.2) is 21.8 Å². The fourth-order valence-corrected chi connectivity index (χ4v) is 3.19. The summed E-state index contributed by atoms with van der Waals surface area (Å²) in [7, 11) is -5.99. The van der Waals surface area contributed by atoms with Crippen molar-refractivity contribution in [3.05, 3.63) is 59.7 Å². The predicted molar refractivity (Wildman–Crippen MR) is 62.6 cm³/mol. The van der Waals surface area contributed by atoms with Crippen molar-refractivity contribution in [2.24, 2.45) is 0 Å². The molecule has 0 saturated heterocycles. The van der Waals surface area contributed by atoms with E-state index in [1.807, 2.05) is 0 Å². The quantitative estimate of drug-likeness (QED) is 0.836. The Labute approximate surface area is 110 Å². The van der Waals surface area contributed by atoms with Gasteiger partial charge in [-0.15, -0.1) is 0 Å². The normalized spacial score (nSPS) is 13.8. The predicted octanol–water partition coefficient (Wildman–Crippen LogP) is 3.43. The van der Waals surface area contributed by atoms with E-state index in [-0.39, 0.29) is 0 Å². The van der Waals surface area contributed by atoms with Crippen LogP contribution in [0.2, 0.25) is 0 Å². The second-order valence-electron chi connectivity index (χ2n) is 4.07. The topological polar surface area (TPSA) is 57.5 Å². The Morgan fingerprint density at radius 3 is 1.15 bits per heavy atom. The van der Waals surface area contributed by atoms with Crippen LogP contribution >= 0.6 is 0 Å². The average Bonchev–Trinajstić information content (AvgIpc) is 2.25. The summed E-state index contributed by atoms with van der Waals surface area (Å²) >= 11 is 0. The standard InChI is InChI=1S/C12H8F4O3S/c13-7-1-8(14)4-11(3-7)20(17,18,19)12-5-9(15)2-10(16)6-12/h1-6H,(H2,17,18,19). The van der Waals surface area contributed by atoms with E-state index in [1.165, 1.54) is 0 Å². The molecule has 0 radical (unpaired) electrons. The van der Waals surface area contributed by atoms with Crippen LogP contribution in [-0.4, -0.2) is 13.3 Å². The Morgan fingerprint density at radius 2 is 0.900 bits per heavy atom. The third-order valence-corrected chi connectivity index (χ3v) is 4.69. The van der Waals surface area contributed by atoms with Crippen LogP contribution in [0.15, 0.2) is 46.2 Å². The minimum atomic E-state index is -5.99. The first-order valence-corrected chi connectivity index (χ1v) is 7.04. The highest BCUT2D eigenvalue weighted by molar-refractivity contribution is 8.10. The van der Waals surface area contributed by atoms with Gasteiger partial charge < -0.3 is 9.11 Å². The molecule has 2 aromatic carbocycles. The minimum absolute atomic E-state index is 0.404. The number of benzene rings is 2. The summed E-state index contributed by atoms with van der Waals surface area (Å²) in [6.07, 6.45) is 0. The zero-order chi connectivity index (χ0) is 15.2. The highest BCUT2D eigenvalue weighted by Gasteiger charge is 2.37. The van der Waals surface area contributed by atoms with Gasteiger partial charge in [-0.2, -0.15) is 0 Å². The van der Waals surface area contributed by atoms with Crippen molar-refractivity contribution >= 4 is 9.63 Å². The summed E-state index contributed by atoms with van der Waals surface area (Å²) < 4.78 is 84.3. The Bertz CT molecular complexity index is 656. The molecule has 108 valence electrons. The van der Waals surface area contributed by atoms with Crippen LogP contribution in [0.3, 0.4) is 0 Å². The summed E-state index contributed by atoms with van der Waals surface area (Å²) in [4.78, 5) is -2.07. The maximum Gasteiger partial charge on any atom is 0.136 e. The zero-order valence-electron chi connectivity index (χ0n) is 9.69. The van der Waals surface area contributed by atoms with Crippen LogP contribution in [-0.2, 0) is 9.63 Å². The summed E-state index contributed by atoms with van der Waals surface area (Å²) in [5, 5.41) is 0. The number of hydrogen-bond acceptors (Lipinski definition) is 1. The molecule has 0 heterocycles. The molecule has 0 amide bonds. The number of hydrogen-bond donors (Lipinski definition) is 2. The molecule has 0 fully saturated rings. The molecule has 0 bridgehead atoms. The van der Waals surface area contributed by atoms with Crippen molar-refractivity contribution in [3.8, 4) is 0 Å².